The van der Waals surface area contributed by atoms with Crippen LogP contribution < -0.4 is 20.1 Å². The largest absolute Gasteiger partial charge is 0.493 e. The summed E-state index contributed by atoms with van der Waals surface area (Å²) in [4.78, 5) is 2.76. The van der Waals surface area contributed by atoms with Gasteiger partial charge in [-0.1, -0.05) is 39.2 Å². The van der Waals surface area contributed by atoms with Gasteiger partial charge < -0.3 is 20.1 Å². The van der Waals surface area contributed by atoms with Crippen LogP contribution in [0.3, 0.4) is 0 Å². The summed E-state index contributed by atoms with van der Waals surface area (Å²) in [6, 6.07) is 7.54. The molecule has 1 heterocycles. The summed E-state index contributed by atoms with van der Waals surface area (Å²) in [5.41, 5.74) is 1.58. The summed E-state index contributed by atoms with van der Waals surface area (Å²) < 4.78 is 11.2. The molecule has 3 atom stereocenters. The topological polar surface area (TPSA) is 45.8 Å². The summed E-state index contributed by atoms with van der Waals surface area (Å²) in [5.74, 6) is 1.64. The minimum Gasteiger partial charge on any atom is -0.493 e. The number of nitrogens with one attached hydrogen (secondary N) is 2. The molecule has 5 nitrogen and oxygen atoms in total. The van der Waals surface area contributed by atoms with Crippen LogP contribution in [0.5, 0.6) is 11.5 Å². The van der Waals surface area contributed by atoms with Gasteiger partial charge in [-0.3, -0.25) is 4.90 Å². The van der Waals surface area contributed by atoms with Crippen LogP contribution in [0.25, 0.3) is 0 Å². The lowest BCUT2D eigenvalue weighted by atomic mass is 9.65. The van der Waals surface area contributed by atoms with E-state index in [1.54, 1.807) is 14.2 Å². The standard InChI is InChI=1S/C26H43N3O2S/c1-5-7-9-16-29-17-14-26(20-10-11-22(30-3)23(18-20)31-4)13-12-21(19-24(26)29)28-25(32)27-15-8-6-2/h10-11,18,21,24H,5-9,12-17,19H2,1-4H3,(H2,27,28,32)/t21-,24+,26+/m1/s1. The van der Waals surface area contributed by atoms with Crippen LogP contribution in [0.15, 0.2) is 18.2 Å². The maximum absolute atomic E-state index is 5.66. The van der Waals surface area contributed by atoms with Crippen molar-refractivity contribution in [3.05, 3.63) is 23.8 Å². The molecule has 0 spiro atoms. The summed E-state index contributed by atoms with van der Waals surface area (Å²) in [6.45, 7) is 7.82. The Balaban J connectivity index is 1.78. The predicted octanol–water partition coefficient (Wildman–Crippen LogP) is 5.02. The molecular formula is C26H43N3O2S. The van der Waals surface area contributed by atoms with Crippen LogP contribution in [0.2, 0.25) is 0 Å². The molecule has 1 aliphatic carbocycles. The van der Waals surface area contributed by atoms with E-state index >= 15 is 0 Å². The lowest BCUT2D eigenvalue weighted by Gasteiger charge is -2.46. The van der Waals surface area contributed by atoms with Crippen molar-refractivity contribution in [3.8, 4) is 11.5 Å². The van der Waals surface area contributed by atoms with Crippen molar-refractivity contribution in [3.63, 3.8) is 0 Å². The fourth-order valence-corrected chi connectivity index (χ4v) is 5.97. The smallest absolute Gasteiger partial charge is 0.166 e. The molecule has 3 rings (SSSR count). The van der Waals surface area contributed by atoms with Crippen LogP contribution in [0.1, 0.15) is 77.2 Å². The third-order valence-electron chi connectivity index (χ3n) is 7.53. The third-order valence-corrected chi connectivity index (χ3v) is 7.79. The first kappa shape index (κ1) is 25.1. The van der Waals surface area contributed by atoms with Crippen LogP contribution >= 0.6 is 12.2 Å². The van der Waals surface area contributed by atoms with Gasteiger partial charge in [0.2, 0.25) is 0 Å². The van der Waals surface area contributed by atoms with E-state index in [0.29, 0.717) is 12.1 Å². The molecular weight excluding hydrogens is 418 g/mol. The first-order chi connectivity index (χ1) is 15.6. The van der Waals surface area contributed by atoms with Crippen molar-refractivity contribution < 1.29 is 9.47 Å². The van der Waals surface area contributed by atoms with Crippen molar-refractivity contribution >= 4 is 17.3 Å². The Morgan fingerprint density at radius 2 is 1.88 bits per heavy atom. The highest BCUT2D eigenvalue weighted by molar-refractivity contribution is 7.80. The Kier molecular flexibility index (Phi) is 9.47. The van der Waals surface area contributed by atoms with E-state index in [9.17, 15) is 0 Å². The SMILES string of the molecule is CCCCCN1CC[C@]2(c3ccc(OC)c(OC)c3)CC[C@@H](NC(=S)NCCCC)C[C@H]12. The van der Waals surface area contributed by atoms with Crippen molar-refractivity contribution in [2.75, 3.05) is 33.9 Å². The Hall–Kier alpha value is -1.53. The predicted molar refractivity (Wildman–Crippen MR) is 137 cm³/mol. The van der Waals surface area contributed by atoms with Gasteiger partial charge >= 0.3 is 0 Å². The highest BCUT2D eigenvalue weighted by atomic mass is 32.1. The van der Waals surface area contributed by atoms with Gasteiger partial charge in [0.1, 0.15) is 0 Å². The van der Waals surface area contributed by atoms with Gasteiger partial charge in [-0.05, 0) is 81.5 Å². The Bertz CT molecular complexity index is 744. The number of hydrogen-bond acceptors (Lipinski definition) is 4. The van der Waals surface area contributed by atoms with Gasteiger partial charge in [0.05, 0.1) is 14.2 Å². The van der Waals surface area contributed by atoms with Crippen molar-refractivity contribution in [1.82, 2.24) is 15.5 Å². The monoisotopic (exact) mass is 461 g/mol. The number of benzene rings is 1. The third kappa shape index (κ3) is 5.69. The first-order valence-electron chi connectivity index (χ1n) is 12.6. The zero-order valence-corrected chi connectivity index (χ0v) is 21.4. The van der Waals surface area contributed by atoms with E-state index in [2.05, 4.69) is 47.6 Å². The second-order valence-corrected chi connectivity index (χ2v) is 9.87. The lowest BCUT2D eigenvalue weighted by molar-refractivity contribution is 0.138. The van der Waals surface area contributed by atoms with Gasteiger partial charge in [-0.2, -0.15) is 0 Å². The Morgan fingerprint density at radius 3 is 2.59 bits per heavy atom. The fourth-order valence-electron chi connectivity index (χ4n) is 5.71. The molecule has 0 bridgehead atoms. The number of fused-ring (bicyclic) bond motifs is 1. The van der Waals surface area contributed by atoms with Gasteiger partial charge in [-0.15, -0.1) is 0 Å². The zero-order valence-electron chi connectivity index (χ0n) is 20.5. The molecule has 1 aromatic rings. The summed E-state index contributed by atoms with van der Waals surface area (Å²) in [5, 5.41) is 7.84. The second-order valence-electron chi connectivity index (χ2n) is 9.46. The van der Waals surface area contributed by atoms with E-state index in [1.807, 2.05) is 0 Å². The van der Waals surface area contributed by atoms with Gasteiger partial charge in [0.15, 0.2) is 16.6 Å². The average molecular weight is 462 g/mol. The number of ether oxygens (including phenoxy) is 2. The van der Waals surface area contributed by atoms with Crippen molar-refractivity contribution in [2.45, 2.75) is 89.1 Å². The highest BCUT2D eigenvalue weighted by Gasteiger charge is 2.51. The Morgan fingerprint density at radius 1 is 1.09 bits per heavy atom. The molecule has 0 unspecified atom stereocenters. The number of rotatable bonds is 11. The van der Waals surface area contributed by atoms with E-state index in [-0.39, 0.29) is 5.41 Å². The fraction of sp³-hybridized carbons (Fsp3) is 0.731. The summed E-state index contributed by atoms with van der Waals surface area (Å²) in [6.07, 6.45) is 10.9. The molecule has 32 heavy (non-hydrogen) atoms. The maximum atomic E-state index is 5.66. The minimum atomic E-state index is 0.182. The van der Waals surface area contributed by atoms with Gasteiger partial charge in [0.25, 0.3) is 0 Å². The van der Waals surface area contributed by atoms with Crippen LogP contribution in [-0.4, -0.2) is 55.9 Å². The quantitative estimate of drug-likeness (QED) is 0.356. The zero-order chi connectivity index (χ0) is 23.0. The molecule has 2 N–H and O–H groups in total. The second kappa shape index (κ2) is 12.1. The highest BCUT2D eigenvalue weighted by Crippen LogP contribution is 2.50. The molecule has 6 heteroatoms. The maximum Gasteiger partial charge on any atom is 0.166 e. The van der Waals surface area contributed by atoms with Gasteiger partial charge in [-0.25, -0.2) is 0 Å². The molecule has 180 valence electrons. The number of thiocarbonyl (C=S) groups is 1. The van der Waals surface area contributed by atoms with Gasteiger partial charge in [0, 0.05) is 24.0 Å². The molecule has 0 aromatic heterocycles. The normalized spacial score (nSPS) is 25.2. The van der Waals surface area contributed by atoms with Crippen molar-refractivity contribution in [2.24, 2.45) is 0 Å². The van der Waals surface area contributed by atoms with Crippen LogP contribution in [0, 0.1) is 0 Å². The van der Waals surface area contributed by atoms with E-state index < -0.39 is 0 Å². The Labute approximate surface area is 200 Å². The number of likely N-dealkylation sites (tertiary alicyclic amines) is 1. The molecule has 0 radical (unpaired) electrons. The summed E-state index contributed by atoms with van der Waals surface area (Å²) >= 11 is 5.60. The molecule has 1 aromatic carbocycles. The molecule has 0 amide bonds. The minimum absolute atomic E-state index is 0.182. The van der Waals surface area contributed by atoms with E-state index in [1.165, 1.54) is 57.2 Å². The number of hydrogen-bond donors (Lipinski definition) is 2. The van der Waals surface area contributed by atoms with E-state index in [4.69, 9.17) is 21.7 Å². The molecule has 2 aliphatic rings. The first-order valence-corrected chi connectivity index (χ1v) is 13.0. The van der Waals surface area contributed by atoms with Crippen LogP contribution in [-0.2, 0) is 5.41 Å². The number of methoxy groups -OCH3 is 2. The lowest BCUT2D eigenvalue weighted by Crippen LogP contribution is -2.53. The number of nitrogens with zero attached hydrogens (tertiary/aromatic N) is 1. The van der Waals surface area contributed by atoms with Crippen molar-refractivity contribution in [1.29, 1.82) is 0 Å². The number of unbranched alkanes of at least 4 members (excludes halogenated alkanes) is 3. The molecule has 1 saturated carbocycles. The molecule has 2 fully saturated rings. The average Bonchev–Trinajstić information content (AvgIpc) is 3.18. The van der Waals surface area contributed by atoms with E-state index in [0.717, 1.165) is 42.4 Å². The molecule has 1 saturated heterocycles. The van der Waals surface area contributed by atoms with Crippen LogP contribution in [0.4, 0.5) is 0 Å². The molecule has 1 aliphatic heterocycles. The summed E-state index contributed by atoms with van der Waals surface area (Å²) in [7, 11) is 3.44.